The van der Waals surface area contributed by atoms with Crippen molar-refractivity contribution in [1.82, 2.24) is 9.29 Å². The van der Waals surface area contributed by atoms with E-state index in [2.05, 4.69) is 4.98 Å². The Labute approximate surface area is 175 Å². The van der Waals surface area contributed by atoms with Crippen molar-refractivity contribution >= 4 is 15.8 Å². The van der Waals surface area contributed by atoms with Crippen molar-refractivity contribution in [3.8, 4) is 11.1 Å². The summed E-state index contributed by atoms with van der Waals surface area (Å²) in [5.74, 6) is -1.21. The van der Waals surface area contributed by atoms with Crippen molar-refractivity contribution in [2.24, 2.45) is 5.92 Å². The van der Waals surface area contributed by atoms with Gasteiger partial charge in [0.2, 0.25) is 10.0 Å². The number of sulfonamides is 1. The molecule has 0 saturated carbocycles. The third kappa shape index (κ3) is 4.04. The molecule has 1 aliphatic rings. The van der Waals surface area contributed by atoms with E-state index in [4.69, 9.17) is 0 Å². The van der Waals surface area contributed by atoms with E-state index < -0.39 is 21.8 Å². The van der Waals surface area contributed by atoms with Gasteiger partial charge >= 0.3 is 0 Å². The lowest BCUT2D eigenvalue weighted by atomic mass is 9.90. The third-order valence-electron chi connectivity index (χ3n) is 5.37. The molecule has 3 aromatic rings. The molecule has 1 aliphatic heterocycles. The molecule has 7 heteroatoms. The summed E-state index contributed by atoms with van der Waals surface area (Å²) in [4.78, 5) is 17.0. The smallest absolute Gasteiger partial charge is 0.244 e. The summed E-state index contributed by atoms with van der Waals surface area (Å²) in [6.45, 7) is 0.431. The van der Waals surface area contributed by atoms with Crippen molar-refractivity contribution in [3.05, 3.63) is 84.4 Å². The highest BCUT2D eigenvalue weighted by Crippen LogP contribution is 2.28. The minimum atomic E-state index is -3.72. The van der Waals surface area contributed by atoms with Gasteiger partial charge in [0, 0.05) is 42.5 Å². The van der Waals surface area contributed by atoms with E-state index in [0.717, 1.165) is 5.56 Å². The van der Waals surface area contributed by atoms with Crippen LogP contribution in [0, 0.1) is 11.7 Å². The molecule has 4 rings (SSSR count). The molecule has 2 heterocycles. The summed E-state index contributed by atoms with van der Waals surface area (Å²) in [5, 5.41) is 0. The zero-order chi connectivity index (χ0) is 21.1. The van der Waals surface area contributed by atoms with E-state index in [1.54, 1.807) is 18.2 Å². The van der Waals surface area contributed by atoms with Crippen LogP contribution in [-0.4, -0.2) is 36.6 Å². The van der Waals surface area contributed by atoms with E-state index in [9.17, 15) is 17.6 Å². The molecular formula is C23H21FN2O3S. The maximum absolute atomic E-state index is 14.7. The van der Waals surface area contributed by atoms with Crippen LogP contribution in [0.3, 0.4) is 0 Å². The van der Waals surface area contributed by atoms with Gasteiger partial charge in [0.1, 0.15) is 10.7 Å². The van der Waals surface area contributed by atoms with Crippen LogP contribution in [0.15, 0.2) is 78.0 Å². The summed E-state index contributed by atoms with van der Waals surface area (Å²) in [5.41, 5.74) is 1.43. The van der Waals surface area contributed by atoms with Gasteiger partial charge in [0.15, 0.2) is 5.78 Å². The Bertz CT molecular complexity index is 1150. The average Bonchev–Trinajstić information content (AvgIpc) is 2.80. The number of hydrogen-bond acceptors (Lipinski definition) is 4. The van der Waals surface area contributed by atoms with E-state index >= 15 is 0 Å². The lowest BCUT2D eigenvalue weighted by Crippen LogP contribution is -2.42. The van der Waals surface area contributed by atoms with E-state index in [0.29, 0.717) is 24.9 Å². The molecule has 0 radical (unpaired) electrons. The van der Waals surface area contributed by atoms with E-state index in [1.807, 2.05) is 30.3 Å². The van der Waals surface area contributed by atoms with Crippen molar-refractivity contribution in [1.29, 1.82) is 0 Å². The van der Waals surface area contributed by atoms with Crippen molar-refractivity contribution in [2.45, 2.75) is 17.7 Å². The van der Waals surface area contributed by atoms with Crippen LogP contribution in [0.5, 0.6) is 0 Å². The van der Waals surface area contributed by atoms with Gasteiger partial charge in [0.05, 0.1) is 0 Å². The fraction of sp³-hybridized carbons (Fsp3) is 0.217. The number of nitrogens with zero attached hydrogens (tertiary/aromatic N) is 2. The largest absolute Gasteiger partial charge is 0.294 e. The van der Waals surface area contributed by atoms with Gasteiger partial charge in [-0.2, -0.15) is 4.31 Å². The van der Waals surface area contributed by atoms with Gasteiger partial charge in [-0.1, -0.05) is 42.5 Å². The molecule has 0 unspecified atom stereocenters. The molecule has 0 spiro atoms. The molecule has 1 aromatic heterocycles. The SMILES string of the molecule is O=C(c1ccc(-c2ccccc2)c(F)c1)[C@@H]1CCCN(S(=O)(=O)c2cccnc2)C1. The highest BCUT2D eigenvalue weighted by molar-refractivity contribution is 7.89. The summed E-state index contributed by atoms with van der Waals surface area (Å²) < 4.78 is 41.7. The van der Waals surface area contributed by atoms with Crippen LogP contribution < -0.4 is 0 Å². The van der Waals surface area contributed by atoms with E-state index in [-0.39, 0.29) is 22.8 Å². The van der Waals surface area contributed by atoms with Gasteiger partial charge in [-0.05, 0) is 36.6 Å². The molecule has 2 aromatic carbocycles. The summed E-state index contributed by atoms with van der Waals surface area (Å²) in [6, 6.07) is 16.6. The second-order valence-electron chi connectivity index (χ2n) is 7.32. The van der Waals surface area contributed by atoms with E-state index in [1.165, 1.54) is 28.8 Å². The third-order valence-corrected chi connectivity index (χ3v) is 7.21. The molecule has 1 atom stereocenters. The Morgan fingerprint density at radius 2 is 1.87 bits per heavy atom. The zero-order valence-corrected chi connectivity index (χ0v) is 17.1. The Morgan fingerprint density at radius 1 is 1.07 bits per heavy atom. The quantitative estimate of drug-likeness (QED) is 0.577. The number of benzene rings is 2. The van der Waals surface area contributed by atoms with Crippen LogP contribution >= 0.6 is 0 Å². The number of halogens is 1. The molecule has 0 amide bonds. The Kier molecular flexibility index (Phi) is 5.74. The lowest BCUT2D eigenvalue weighted by molar-refractivity contribution is 0.0872. The highest BCUT2D eigenvalue weighted by atomic mass is 32.2. The average molecular weight is 424 g/mol. The predicted octanol–water partition coefficient (Wildman–Crippen LogP) is 4.17. The standard InChI is InChI=1S/C23H21FN2O3S/c24-22-14-18(10-11-21(22)17-6-2-1-3-7-17)23(27)19-8-5-13-26(16-19)30(28,29)20-9-4-12-25-15-20/h1-4,6-7,9-12,14-15,19H,5,8,13,16H2/t19-/m1/s1. The zero-order valence-electron chi connectivity index (χ0n) is 16.2. The molecule has 0 bridgehead atoms. The van der Waals surface area contributed by atoms with Gasteiger partial charge in [-0.25, -0.2) is 12.8 Å². The van der Waals surface area contributed by atoms with Crippen molar-refractivity contribution < 1.29 is 17.6 Å². The first-order valence-electron chi connectivity index (χ1n) is 9.76. The Balaban J connectivity index is 1.54. The highest BCUT2D eigenvalue weighted by Gasteiger charge is 2.34. The van der Waals surface area contributed by atoms with Crippen LogP contribution in [0.1, 0.15) is 23.2 Å². The first kappa shape index (κ1) is 20.4. The minimum absolute atomic E-state index is 0.0815. The van der Waals surface area contributed by atoms with Crippen LogP contribution in [-0.2, 0) is 10.0 Å². The maximum atomic E-state index is 14.7. The van der Waals surface area contributed by atoms with Gasteiger partial charge in [0.25, 0.3) is 0 Å². The molecule has 1 fully saturated rings. The summed E-state index contributed by atoms with van der Waals surface area (Å²) in [7, 11) is -3.72. The number of carbonyl (C=O) groups excluding carboxylic acids is 1. The van der Waals surface area contributed by atoms with Crippen molar-refractivity contribution in [3.63, 3.8) is 0 Å². The maximum Gasteiger partial charge on any atom is 0.244 e. The minimum Gasteiger partial charge on any atom is -0.294 e. The predicted molar refractivity (Wildman–Crippen MR) is 112 cm³/mol. The molecule has 1 saturated heterocycles. The van der Waals surface area contributed by atoms with Crippen molar-refractivity contribution in [2.75, 3.05) is 13.1 Å². The summed E-state index contributed by atoms with van der Waals surface area (Å²) in [6.07, 6.45) is 3.95. The monoisotopic (exact) mass is 424 g/mol. The van der Waals surface area contributed by atoms with Gasteiger partial charge in [-0.3, -0.25) is 9.78 Å². The number of Topliss-reactive ketones (excluding diaryl/α,β-unsaturated/α-hetero) is 1. The number of aromatic nitrogens is 1. The molecule has 5 nitrogen and oxygen atoms in total. The van der Waals surface area contributed by atoms with Gasteiger partial charge in [-0.15, -0.1) is 0 Å². The fourth-order valence-corrected chi connectivity index (χ4v) is 5.27. The van der Waals surface area contributed by atoms with Crippen LogP contribution in [0.2, 0.25) is 0 Å². The number of pyridine rings is 1. The number of hydrogen-bond donors (Lipinski definition) is 0. The first-order valence-corrected chi connectivity index (χ1v) is 11.2. The van der Waals surface area contributed by atoms with Crippen LogP contribution in [0.4, 0.5) is 4.39 Å². The van der Waals surface area contributed by atoms with Gasteiger partial charge < -0.3 is 0 Å². The normalized spacial score (nSPS) is 17.6. The van der Waals surface area contributed by atoms with Crippen LogP contribution in [0.25, 0.3) is 11.1 Å². The molecule has 154 valence electrons. The Morgan fingerprint density at radius 3 is 2.57 bits per heavy atom. The topological polar surface area (TPSA) is 67.3 Å². The number of ketones is 1. The second-order valence-corrected chi connectivity index (χ2v) is 9.25. The second kappa shape index (κ2) is 8.45. The molecule has 0 N–H and O–H groups in total. The lowest BCUT2D eigenvalue weighted by Gasteiger charge is -2.31. The Hall–Kier alpha value is -2.90. The molecule has 0 aliphatic carbocycles. The molecule has 30 heavy (non-hydrogen) atoms. The molecular weight excluding hydrogens is 403 g/mol. The summed E-state index contributed by atoms with van der Waals surface area (Å²) >= 11 is 0. The fourth-order valence-electron chi connectivity index (χ4n) is 3.78. The first-order chi connectivity index (χ1) is 14.5. The number of carbonyl (C=O) groups is 1. The number of rotatable bonds is 5. The number of piperidine rings is 1.